The predicted molar refractivity (Wildman–Crippen MR) is 18.3 cm³/mol. The molecule has 0 radical (unpaired) electrons. The maximum atomic E-state index is 7.96. The van der Waals surface area contributed by atoms with Crippen LogP contribution in [-0.4, -0.2) is 28.5 Å². The molecular formula is C2H6O5. The summed E-state index contributed by atoms with van der Waals surface area (Å²) in [6.07, 6.45) is -1.35. The normalized spacial score (nSPS) is 10.3. The van der Waals surface area contributed by atoms with Gasteiger partial charge in [0, 0.05) is 0 Å². The van der Waals surface area contributed by atoms with Gasteiger partial charge in [0.25, 0.3) is 0 Å². The van der Waals surface area contributed by atoms with E-state index in [1.54, 1.807) is 0 Å². The number of aliphatic hydroxyl groups excluding tert-OH is 1. The van der Waals surface area contributed by atoms with Gasteiger partial charge in [-0.25, -0.2) is 20.3 Å². The Morgan fingerprint density at radius 1 is 1.29 bits per heavy atom. The minimum atomic E-state index is -1.35. The average Bonchev–Trinajstić information content (AvgIpc) is 1.72. The van der Waals surface area contributed by atoms with Crippen LogP contribution in [0.2, 0.25) is 0 Å². The van der Waals surface area contributed by atoms with Crippen molar-refractivity contribution in [2.24, 2.45) is 0 Å². The fourth-order valence-corrected chi connectivity index (χ4v) is 0.0859. The van der Waals surface area contributed by atoms with E-state index in [2.05, 4.69) is 9.78 Å². The number of hydrogen-bond donors (Lipinski definition) is 3. The summed E-state index contributed by atoms with van der Waals surface area (Å²) >= 11 is 0. The van der Waals surface area contributed by atoms with Gasteiger partial charge in [-0.2, -0.15) is 0 Å². The van der Waals surface area contributed by atoms with Crippen molar-refractivity contribution in [2.45, 2.75) is 6.29 Å². The van der Waals surface area contributed by atoms with Gasteiger partial charge < -0.3 is 5.11 Å². The van der Waals surface area contributed by atoms with Crippen LogP contribution in [0.1, 0.15) is 0 Å². The molecule has 0 spiro atoms. The van der Waals surface area contributed by atoms with Crippen LogP contribution in [-0.2, 0) is 9.78 Å². The first-order chi connectivity index (χ1) is 3.35. The third-order valence-electron chi connectivity index (χ3n) is 0.384. The van der Waals surface area contributed by atoms with E-state index in [4.69, 9.17) is 15.6 Å². The summed E-state index contributed by atoms with van der Waals surface area (Å²) in [5.74, 6) is 0. The molecule has 5 heteroatoms. The zero-order valence-electron chi connectivity index (χ0n) is 3.44. The second kappa shape index (κ2) is 3.97. The Labute approximate surface area is 39.6 Å². The molecule has 0 aromatic heterocycles. The third kappa shape index (κ3) is 2.49. The molecule has 44 valence electrons. The Balaban J connectivity index is 2.99. The van der Waals surface area contributed by atoms with E-state index in [0.717, 1.165) is 0 Å². The van der Waals surface area contributed by atoms with Crippen molar-refractivity contribution in [3.8, 4) is 0 Å². The largest absolute Gasteiger partial charge is 0.391 e. The molecule has 5 nitrogen and oxygen atoms in total. The van der Waals surface area contributed by atoms with Crippen LogP contribution in [0.5, 0.6) is 0 Å². The van der Waals surface area contributed by atoms with Crippen molar-refractivity contribution < 1.29 is 25.4 Å². The lowest BCUT2D eigenvalue weighted by Crippen LogP contribution is -2.17. The molecule has 0 fully saturated rings. The molecule has 0 rings (SSSR count). The van der Waals surface area contributed by atoms with Crippen LogP contribution in [0.15, 0.2) is 0 Å². The molecule has 0 aliphatic heterocycles. The zero-order valence-corrected chi connectivity index (χ0v) is 3.44. The molecular weight excluding hydrogens is 104 g/mol. The molecule has 0 aromatic rings. The highest BCUT2D eigenvalue weighted by atomic mass is 17.2. The van der Waals surface area contributed by atoms with Crippen LogP contribution in [0.4, 0.5) is 0 Å². The number of rotatable bonds is 3. The van der Waals surface area contributed by atoms with Gasteiger partial charge in [0.15, 0.2) is 0 Å². The lowest BCUT2D eigenvalue weighted by molar-refractivity contribution is -0.435. The highest BCUT2D eigenvalue weighted by Gasteiger charge is 2.03. The van der Waals surface area contributed by atoms with Crippen LogP contribution < -0.4 is 0 Å². The monoisotopic (exact) mass is 110 g/mol. The fourth-order valence-electron chi connectivity index (χ4n) is 0.0859. The molecule has 0 heterocycles. The molecule has 0 saturated carbocycles. The van der Waals surface area contributed by atoms with Crippen molar-refractivity contribution in [1.82, 2.24) is 0 Å². The molecule has 0 amide bonds. The first-order valence-corrected chi connectivity index (χ1v) is 1.56. The molecule has 0 unspecified atom stereocenters. The van der Waals surface area contributed by atoms with E-state index in [1.165, 1.54) is 0 Å². The van der Waals surface area contributed by atoms with Gasteiger partial charge in [0.1, 0.15) is 6.61 Å². The molecule has 0 saturated heterocycles. The number of aliphatic hydroxyl groups is 1. The summed E-state index contributed by atoms with van der Waals surface area (Å²) in [4.78, 5) is 6.65. The van der Waals surface area contributed by atoms with Crippen LogP contribution >= 0.6 is 0 Å². The Kier molecular flexibility index (Phi) is 3.86. The SMILES string of the molecule is OCC(OO)OO. The molecule has 0 aromatic carbocycles. The standard InChI is InChI=1S/C2H6O5/c3-1-2(6-4)7-5/h2-5H,1H2. The van der Waals surface area contributed by atoms with Gasteiger partial charge in [-0.1, -0.05) is 0 Å². The molecule has 7 heavy (non-hydrogen) atoms. The van der Waals surface area contributed by atoms with Gasteiger partial charge in [0.2, 0.25) is 6.29 Å². The molecule has 3 N–H and O–H groups in total. The highest BCUT2D eigenvalue weighted by molar-refractivity contribution is 4.26. The quantitative estimate of drug-likeness (QED) is 0.254. The smallest absolute Gasteiger partial charge is 0.246 e. The van der Waals surface area contributed by atoms with Gasteiger partial charge in [-0.15, -0.1) is 0 Å². The third-order valence-corrected chi connectivity index (χ3v) is 0.384. The first-order valence-electron chi connectivity index (χ1n) is 1.56. The van der Waals surface area contributed by atoms with Crippen molar-refractivity contribution >= 4 is 0 Å². The summed E-state index contributed by atoms with van der Waals surface area (Å²) in [6, 6.07) is 0. The van der Waals surface area contributed by atoms with E-state index in [-0.39, 0.29) is 0 Å². The summed E-state index contributed by atoms with van der Waals surface area (Å²) in [5.41, 5.74) is 0. The minimum Gasteiger partial charge on any atom is -0.391 e. The van der Waals surface area contributed by atoms with E-state index in [1.807, 2.05) is 0 Å². The lowest BCUT2D eigenvalue weighted by Gasteiger charge is -2.02. The van der Waals surface area contributed by atoms with Crippen LogP contribution in [0, 0.1) is 0 Å². The Bertz CT molecular complexity index is 27.6. The van der Waals surface area contributed by atoms with E-state index < -0.39 is 12.9 Å². The molecule has 0 atom stereocenters. The summed E-state index contributed by atoms with van der Waals surface area (Å²) in [6.45, 7) is -0.590. The highest BCUT2D eigenvalue weighted by Crippen LogP contribution is 1.84. The Morgan fingerprint density at radius 2 is 1.71 bits per heavy atom. The van der Waals surface area contributed by atoms with Gasteiger partial charge in [0.05, 0.1) is 0 Å². The van der Waals surface area contributed by atoms with Crippen molar-refractivity contribution in [3.63, 3.8) is 0 Å². The zero-order chi connectivity index (χ0) is 5.70. The van der Waals surface area contributed by atoms with E-state index >= 15 is 0 Å². The summed E-state index contributed by atoms with van der Waals surface area (Å²) in [7, 11) is 0. The second-order valence-corrected chi connectivity index (χ2v) is 0.823. The maximum Gasteiger partial charge on any atom is 0.246 e. The van der Waals surface area contributed by atoms with Gasteiger partial charge >= 0.3 is 0 Å². The number of hydrogen-bond acceptors (Lipinski definition) is 5. The van der Waals surface area contributed by atoms with Gasteiger partial charge in [-0.05, 0) is 0 Å². The fraction of sp³-hybridized carbons (Fsp3) is 1.00. The van der Waals surface area contributed by atoms with Crippen molar-refractivity contribution in [1.29, 1.82) is 0 Å². The minimum absolute atomic E-state index is 0.590. The molecule has 0 aliphatic carbocycles. The topological polar surface area (TPSA) is 79.2 Å². The predicted octanol–water partition coefficient (Wildman–Crippen LogP) is -0.716. The summed E-state index contributed by atoms with van der Waals surface area (Å²) in [5, 5.41) is 23.1. The Morgan fingerprint density at radius 3 is 1.71 bits per heavy atom. The average molecular weight is 110 g/mol. The van der Waals surface area contributed by atoms with E-state index in [0.29, 0.717) is 0 Å². The van der Waals surface area contributed by atoms with E-state index in [9.17, 15) is 0 Å². The van der Waals surface area contributed by atoms with Gasteiger partial charge in [-0.3, -0.25) is 0 Å². The maximum absolute atomic E-state index is 7.96. The molecule has 0 bridgehead atoms. The van der Waals surface area contributed by atoms with Crippen LogP contribution in [0.25, 0.3) is 0 Å². The lowest BCUT2D eigenvalue weighted by atomic mass is 10.7. The second-order valence-electron chi connectivity index (χ2n) is 0.823. The Hall–Kier alpha value is -0.200. The van der Waals surface area contributed by atoms with Crippen molar-refractivity contribution in [3.05, 3.63) is 0 Å². The summed E-state index contributed by atoms with van der Waals surface area (Å²) < 4.78 is 0. The first kappa shape index (κ1) is 6.80. The van der Waals surface area contributed by atoms with Crippen molar-refractivity contribution in [2.75, 3.05) is 6.61 Å². The van der Waals surface area contributed by atoms with Crippen LogP contribution in [0.3, 0.4) is 0 Å². The molecule has 0 aliphatic rings.